The molecule has 0 saturated heterocycles. The summed E-state index contributed by atoms with van der Waals surface area (Å²) in [4.78, 5) is 42.6. The fourth-order valence-electron chi connectivity index (χ4n) is 5.04. The lowest BCUT2D eigenvalue weighted by Crippen LogP contribution is -2.29. The zero-order chi connectivity index (χ0) is 34.7. The first-order valence-corrected chi connectivity index (χ1v) is 20.3. The van der Waals surface area contributed by atoms with Crippen LogP contribution < -0.4 is 0 Å². The van der Waals surface area contributed by atoms with Gasteiger partial charge in [0.1, 0.15) is 6.61 Å². The van der Waals surface area contributed by atoms with Crippen LogP contribution in [0.1, 0.15) is 174 Å². The first-order valence-electron chi connectivity index (χ1n) is 18.8. The summed E-state index contributed by atoms with van der Waals surface area (Å²) < 4.78 is 26.2. The van der Waals surface area contributed by atoms with Crippen LogP contribution in [0, 0.1) is 0 Å². The maximum Gasteiger partial charge on any atom is 0.469 e. The molecule has 1 atom stereocenters. The SMILES string of the molecule is CCCCCCC/C=C/CCCCCCCC(=O)O[C@H](COC(=O)CCCC/C=C/C/C=C/CCCCCCCC)COP(=O)(O)O. The number of ether oxygens (including phenoxy) is 2. The average Bonchev–Trinajstić information content (AvgIpc) is 3.03. The second kappa shape index (κ2) is 34.1. The van der Waals surface area contributed by atoms with E-state index < -0.39 is 32.5 Å². The highest BCUT2D eigenvalue weighted by molar-refractivity contribution is 7.46. The van der Waals surface area contributed by atoms with Crippen LogP contribution in [0.3, 0.4) is 0 Å². The molecule has 0 bridgehead atoms. The number of phosphoric ester groups is 1. The summed E-state index contributed by atoms with van der Waals surface area (Å²) in [7, 11) is -4.76. The van der Waals surface area contributed by atoms with Gasteiger partial charge in [-0.15, -0.1) is 0 Å². The second-order valence-corrected chi connectivity index (χ2v) is 13.8. The van der Waals surface area contributed by atoms with E-state index in [9.17, 15) is 14.2 Å². The van der Waals surface area contributed by atoms with Gasteiger partial charge in [0.05, 0.1) is 6.61 Å². The predicted octanol–water partition coefficient (Wildman–Crippen LogP) is 11.0. The normalized spacial score (nSPS) is 12.9. The fraction of sp³-hybridized carbons (Fsp3) is 0.789. The van der Waals surface area contributed by atoms with Gasteiger partial charge in [-0.25, -0.2) is 4.57 Å². The third-order valence-electron chi connectivity index (χ3n) is 7.88. The minimum atomic E-state index is -4.76. The highest BCUT2D eigenvalue weighted by Crippen LogP contribution is 2.36. The first-order chi connectivity index (χ1) is 22.8. The van der Waals surface area contributed by atoms with Crippen molar-refractivity contribution >= 4 is 19.8 Å². The van der Waals surface area contributed by atoms with Gasteiger partial charge in [0.25, 0.3) is 0 Å². The Morgan fingerprint density at radius 3 is 1.47 bits per heavy atom. The van der Waals surface area contributed by atoms with Crippen molar-refractivity contribution in [3.05, 3.63) is 36.5 Å². The van der Waals surface area contributed by atoms with Crippen LogP contribution in [0.15, 0.2) is 36.5 Å². The smallest absolute Gasteiger partial charge is 0.462 e. The van der Waals surface area contributed by atoms with E-state index in [0.717, 1.165) is 57.8 Å². The van der Waals surface area contributed by atoms with Crippen molar-refractivity contribution in [2.75, 3.05) is 13.2 Å². The van der Waals surface area contributed by atoms with Crippen molar-refractivity contribution in [1.29, 1.82) is 0 Å². The van der Waals surface area contributed by atoms with Gasteiger partial charge in [-0.05, 0) is 70.6 Å². The summed E-state index contributed by atoms with van der Waals surface area (Å²) in [5, 5.41) is 0. The van der Waals surface area contributed by atoms with Gasteiger partial charge in [-0.3, -0.25) is 14.1 Å². The summed E-state index contributed by atoms with van der Waals surface area (Å²) in [6, 6.07) is 0. The molecule has 274 valence electrons. The molecule has 0 aliphatic heterocycles. The Labute approximate surface area is 287 Å². The minimum Gasteiger partial charge on any atom is -0.462 e. The molecule has 0 unspecified atom stereocenters. The number of carbonyl (C=O) groups excluding carboxylic acids is 2. The minimum absolute atomic E-state index is 0.195. The first kappa shape index (κ1) is 45.3. The van der Waals surface area contributed by atoms with E-state index in [4.69, 9.17) is 19.3 Å². The highest BCUT2D eigenvalue weighted by Gasteiger charge is 2.22. The quantitative estimate of drug-likeness (QED) is 0.0297. The van der Waals surface area contributed by atoms with Gasteiger partial charge in [0.2, 0.25) is 0 Å². The van der Waals surface area contributed by atoms with Gasteiger partial charge >= 0.3 is 19.8 Å². The molecule has 0 rings (SSSR count). The summed E-state index contributed by atoms with van der Waals surface area (Å²) in [5.41, 5.74) is 0. The van der Waals surface area contributed by atoms with Crippen molar-refractivity contribution < 1.29 is 37.9 Å². The Morgan fingerprint density at radius 2 is 0.957 bits per heavy atom. The number of hydrogen-bond donors (Lipinski definition) is 2. The van der Waals surface area contributed by atoms with E-state index in [-0.39, 0.29) is 19.4 Å². The van der Waals surface area contributed by atoms with Gasteiger partial charge in [0.15, 0.2) is 6.10 Å². The van der Waals surface area contributed by atoms with Crippen molar-refractivity contribution in [3.63, 3.8) is 0 Å². The van der Waals surface area contributed by atoms with Crippen molar-refractivity contribution in [2.45, 2.75) is 180 Å². The Morgan fingerprint density at radius 1 is 0.553 bits per heavy atom. The zero-order valence-electron chi connectivity index (χ0n) is 29.9. The van der Waals surface area contributed by atoms with E-state index in [0.29, 0.717) is 12.8 Å². The van der Waals surface area contributed by atoms with Gasteiger partial charge in [0, 0.05) is 12.8 Å². The monoisotopic (exact) mass is 684 g/mol. The van der Waals surface area contributed by atoms with Crippen LogP contribution in [0.2, 0.25) is 0 Å². The number of esters is 2. The molecule has 2 N–H and O–H groups in total. The van der Waals surface area contributed by atoms with Crippen LogP contribution in [-0.2, 0) is 28.2 Å². The summed E-state index contributed by atoms with van der Waals surface area (Å²) in [6.45, 7) is 3.62. The van der Waals surface area contributed by atoms with Crippen LogP contribution in [0.5, 0.6) is 0 Å². The Balaban J connectivity index is 4.04. The largest absolute Gasteiger partial charge is 0.469 e. The number of phosphoric acid groups is 1. The van der Waals surface area contributed by atoms with E-state index in [1.165, 1.54) is 77.0 Å². The summed E-state index contributed by atoms with van der Waals surface area (Å²) >= 11 is 0. The van der Waals surface area contributed by atoms with Crippen molar-refractivity contribution in [2.24, 2.45) is 0 Å². The molecular weight excluding hydrogens is 615 g/mol. The number of hydrogen-bond acceptors (Lipinski definition) is 6. The van der Waals surface area contributed by atoms with Gasteiger partial charge in [-0.1, -0.05) is 127 Å². The fourth-order valence-corrected chi connectivity index (χ4v) is 5.40. The third-order valence-corrected chi connectivity index (χ3v) is 8.37. The average molecular weight is 685 g/mol. The molecule has 0 aliphatic rings. The molecule has 0 saturated carbocycles. The molecule has 8 nitrogen and oxygen atoms in total. The van der Waals surface area contributed by atoms with Gasteiger partial charge in [-0.2, -0.15) is 0 Å². The van der Waals surface area contributed by atoms with Crippen LogP contribution in [-0.4, -0.2) is 41.0 Å². The number of rotatable bonds is 34. The maximum absolute atomic E-state index is 12.3. The summed E-state index contributed by atoms with van der Waals surface area (Å²) in [5.74, 6) is -0.933. The molecule has 0 spiro atoms. The molecule has 0 aromatic rings. The molecular formula is C38H69O8P. The zero-order valence-corrected chi connectivity index (χ0v) is 30.8. The van der Waals surface area contributed by atoms with Crippen LogP contribution in [0.25, 0.3) is 0 Å². The lowest BCUT2D eigenvalue weighted by molar-refractivity contribution is -0.161. The molecule has 0 amide bonds. The van der Waals surface area contributed by atoms with E-state index >= 15 is 0 Å². The molecule has 0 aromatic carbocycles. The number of unbranched alkanes of at least 4 members (excludes halogenated alkanes) is 18. The number of allylic oxidation sites excluding steroid dienone is 6. The van der Waals surface area contributed by atoms with Crippen molar-refractivity contribution in [3.8, 4) is 0 Å². The second-order valence-electron chi connectivity index (χ2n) is 12.5. The molecule has 47 heavy (non-hydrogen) atoms. The van der Waals surface area contributed by atoms with Crippen LogP contribution in [0.4, 0.5) is 0 Å². The Bertz CT molecular complexity index is 864. The third kappa shape index (κ3) is 36.9. The van der Waals surface area contributed by atoms with Crippen LogP contribution >= 0.6 is 7.82 Å². The molecule has 0 aromatic heterocycles. The lowest BCUT2D eigenvalue weighted by atomic mass is 10.1. The van der Waals surface area contributed by atoms with E-state index in [2.05, 4.69) is 54.8 Å². The lowest BCUT2D eigenvalue weighted by Gasteiger charge is -2.18. The molecule has 0 heterocycles. The van der Waals surface area contributed by atoms with Gasteiger partial charge < -0.3 is 19.3 Å². The molecule has 0 radical (unpaired) electrons. The van der Waals surface area contributed by atoms with E-state index in [1.54, 1.807) is 0 Å². The van der Waals surface area contributed by atoms with E-state index in [1.807, 2.05) is 0 Å². The topological polar surface area (TPSA) is 119 Å². The summed E-state index contributed by atoms with van der Waals surface area (Å²) in [6.07, 6.45) is 38.7. The number of carbonyl (C=O) groups is 2. The Hall–Kier alpha value is -1.73. The maximum atomic E-state index is 12.3. The molecule has 0 fully saturated rings. The standard InChI is InChI=1S/C38H69O8P/c1-3-5-7-9-11-13-15-17-19-21-22-24-26-28-30-32-37(39)44-34-36(35-45-47(41,42)43)46-38(40)33-31-29-27-25-23-20-18-16-14-12-10-8-6-4-2/h16-19,22,24,36H,3-15,20-21,23,25-35H2,1-2H3,(H2,41,42,43)/b18-16+,19-17+,24-22+/t36-/m1/s1. The molecule has 9 heteroatoms. The highest BCUT2D eigenvalue weighted by atomic mass is 31.2. The Kier molecular flexibility index (Phi) is 32.9. The molecule has 0 aliphatic carbocycles. The predicted molar refractivity (Wildman–Crippen MR) is 193 cm³/mol. The van der Waals surface area contributed by atoms with Crippen molar-refractivity contribution in [1.82, 2.24) is 0 Å².